The minimum Gasteiger partial charge on any atom is -0.337 e. The molecule has 2 fully saturated rings. The molecule has 4 nitrogen and oxygen atoms in total. The van der Waals surface area contributed by atoms with Crippen LogP contribution in [-0.4, -0.2) is 30.6 Å². The molecule has 0 amide bonds. The molecule has 2 atom stereocenters. The normalized spacial score (nSPS) is 38.1. The first-order chi connectivity index (χ1) is 9.03. The van der Waals surface area contributed by atoms with Crippen molar-refractivity contribution in [2.75, 3.05) is 13.1 Å². The van der Waals surface area contributed by atoms with E-state index in [-0.39, 0.29) is 11.7 Å². The fraction of sp³-hybridized carbons (Fsp3) is 0.867. The summed E-state index contributed by atoms with van der Waals surface area (Å²) in [6, 6.07) is 0. The van der Waals surface area contributed by atoms with Gasteiger partial charge in [0.2, 0.25) is 5.79 Å². The number of hydrogen-bond acceptors (Lipinski definition) is 4. The van der Waals surface area contributed by atoms with Gasteiger partial charge in [0.15, 0.2) is 0 Å². The van der Waals surface area contributed by atoms with Crippen LogP contribution in [0.2, 0.25) is 0 Å². The van der Waals surface area contributed by atoms with Gasteiger partial charge in [-0.25, -0.2) is 9.78 Å². The van der Waals surface area contributed by atoms with Gasteiger partial charge in [0.05, 0.1) is 0 Å². The second kappa shape index (κ2) is 4.85. The number of nitrogens with one attached hydrogen (secondary N) is 1. The van der Waals surface area contributed by atoms with Gasteiger partial charge in [0.25, 0.3) is 0 Å². The first kappa shape index (κ1) is 13.6. The third kappa shape index (κ3) is 2.47. The Morgan fingerprint density at radius 3 is 2.63 bits per heavy atom. The summed E-state index contributed by atoms with van der Waals surface area (Å²) in [6.45, 7) is 8.43. The summed E-state index contributed by atoms with van der Waals surface area (Å²) in [4.78, 5) is 11.5. The SMILES string of the molecule is CC(C)C1=C[C@H]2OC3(CCNCC3)OO[C@@]2(C)CC1. The molecule has 19 heavy (non-hydrogen) atoms. The lowest BCUT2D eigenvalue weighted by atomic mass is 9.80. The van der Waals surface area contributed by atoms with Crippen molar-refractivity contribution in [3.05, 3.63) is 11.6 Å². The van der Waals surface area contributed by atoms with E-state index < -0.39 is 5.79 Å². The Morgan fingerprint density at radius 2 is 1.95 bits per heavy atom. The zero-order valence-electron chi connectivity index (χ0n) is 12.2. The highest BCUT2D eigenvalue weighted by Gasteiger charge is 2.51. The van der Waals surface area contributed by atoms with Crippen LogP contribution in [0.5, 0.6) is 0 Å². The molecule has 0 aromatic heterocycles. The summed E-state index contributed by atoms with van der Waals surface area (Å²) in [5.74, 6) is 0.0470. The molecule has 0 radical (unpaired) electrons. The number of allylic oxidation sites excluding steroid dienone is 1. The first-order valence-corrected chi connectivity index (χ1v) is 7.49. The fourth-order valence-electron chi connectivity index (χ4n) is 3.15. The highest BCUT2D eigenvalue weighted by molar-refractivity contribution is 5.18. The van der Waals surface area contributed by atoms with Crippen LogP contribution < -0.4 is 5.32 Å². The number of piperidine rings is 1. The van der Waals surface area contributed by atoms with E-state index in [4.69, 9.17) is 14.5 Å². The molecule has 0 saturated carbocycles. The maximum absolute atomic E-state index is 6.34. The summed E-state index contributed by atoms with van der Waals surface area (Å²) in [7, 11) is 0. The largest absolute Gasteiger partial charge is 0.337 e. The van der Waals surface area contributed by atoms with E-state index in [2.05, 4.69) is 32.2 Å². The fourth-order valence-corrected chi connectivity index (χ4v) is 3.15. The average Bonchev–Trinajstić information content (AvgIpc) is 2.40. The Kier molecular flexibility index (Phi) is 3.46. The molecule has 2 saturated heterocycles. The molecule has 2 aliphatic heterocycles. The zero-order valence-corrected chi connectivity index (χ0v) is 12.2. The van der Waals surface area contributed by atoms with Crippen molar-refractivity contribution in [1.29, 1.82) is 0 Å². The number of rotatable bonds is 1. The lowest BCUT2D eigenvalue weighted by Gasteiger charge is -2.50. The van der Waals surface area contributed by atoms with Gasteiger partial charge in [0.1, 0.15) is 11.7 Å². The molecule has 3 rings (SSSR count). The van der Waals surface area contributed by atoms with E-state index in [1.807, 2.05) is 0 Å². The van der Waals surface area contributed by atoms with Gasteiger partial charge < -0.3 is 10.1 Å². The third-order valence-electron chi connectivity index (χ3n) is 4.71. The molecule has 4 heteroatoms. The van der Waals surface area contributed by atoms with Crippen LogP contribution in [0.1, 0.15) is 46.5 Å². The van der Waals surface area contributed by atoms with Crippen LogP contribution in [0.25, 0.3) is 0 Å². The number of fused-ring (bicyclic) bond motifs is 1. The molecule has 1 aliphatic carbocycles. The Bertz CT molecular complexity index is 374. The van der Waals surface area contributed by atoms with Crippen LogP contribution in [0.3, 0.4) is 0 Å². The van der Waals surface area contributed by atoms with E-state index in [1.165, 1.54) is 5.57 Å². The van der Waals surface area contributed by atoms with E-state index >= 15 is 0 Å². The molecule has 1 spiro atoms. The topological polar surface area (TPSA) is 39.7 Å². The van der Waals surface area contributed by atoms with Crippen LogP contribution in [0.15, 0.2) is 11.6 Å². The molecule has 0 bridgehead atoms. The maximum Gasteiger partial charge on any atom is 0.204 e. The maximum atomic E-state index is 6.34. The van der Waals surface area contributed by atoms with Crippen LogP contribution in [0.4, 0.5) is 0 Å². The Morgan fingerprint density at radius 1 is 1.21 bits per heavy atom. The van der Waals surface area contributed by atoms with Gasteiger partial charge in [-0.1, -0.05) is 25.5 Å². The van der Waals surface area contributed by atoms with Crippen molar-refractivity contribution in [3.63, 3.8) is 0 Å². The van der Waals surface area contributed by atoms with Gasteiger partial charge in [-0.2, -0.15) is 0 Å². The lowest BCUT2D eigenvalue weighted by molar-refractivity contribution is -0.525. The molecular weight excluding hydrogens is 242 g/mol. The summed E-state index contributed by atoms with van der Waals surface area (Å²) in [5, 5.41) is 3.33. The number of ether oxygens (including phenoxy) is 1. The van der Waals surface area contributed by atoms with E-state index in [1.54, 1.807) is 0 Å². The van der Waals surface area contributed by atoms with Crippen LogP contribution >= 0.6 is 0 Å². The molecule has 108 valence electrons. The van der Waals surface area contributed by atoms with Crippen molar-refractivity contribution in [2.24, 2.45) is 5.92 Å². The summed E-state index contributed by atoms with van der Waals surface area (Å²) in [6.07, 6.45) is 6.04. The predicted octanol–water partition coefficient (Wildman–Crippen LogP) is 2.55. The van der Waals surface area contributed by atoms with Crippen molar-refractivity contribution < 1.29 is 14.5 Å². The minimum atomic E-state index is -0.536. The third-order valence-corrected chi connectivity index (χ3v) is 4.71. The molecule has 1 N–H and O–H groups in total. The van der Waals surface area contributed by atoms with E-state index in [9.17, 15) is 0 Å². The molecule has 0 aromatic rings. The summed E-state index contributed by atoms with van der Waals surface area (Å²) in [5.41, 5.74) is 1.16. The van der Waals surface area contributed by atoms with Crippen LogP contribution in [-0.2, 0) is 14.5 Å². The second-order valence-electron chi connectivity index (χ2n) is 6.57. The zero-order chi connectivity index (χ0) is 13.5. The minimum absolute atomic E-state index is 0.0190. The molecule has 2 heterocycles. The van der Waals surface area contributed by atoms with Crippen molar-refractivity contribution >= 4 is 0 Å². The average molecular weight is 267 g/mol. The molecule has 0 unspecified atom stereocenters. The standard InChI is InChI=1S/C15H25NO3/c1-11(2)12-4-5-14(3)13(10-12)17-15(19-18-14)6-8-16-9-7-15/h10-11,13,16H,4-9H2,1-3H3/t13-,14+/m1/s1. The van der Waals surface area contributed by atoms with Gasteiger partial charge in [-0.15, -0.1) is 0 Å². The highest BCUT2D eigenvalue weighted by Crippen LogP contribution is 2.43. The Hall–Kier alpha value is -0.420. The Labute approximate surface area is 115 Å². The number of hydrogen-bond donors (Lipinski definition) is 1. The molecule has 3 aliphatic rings. The van der Waals surface area contributed by atoms with E-state index in [0.717, 1.165) is 38.8 Å². The monoisotopic (exact) mass is 267 g/mol. The lowest BCUT2D eigenvalue weighted by Crippen LogP contribution is -2.59. The molecule has 0 aromatic carbocycles. The summed E-state index contributed by atoms with van der Waals surface area (Å²) >= 11 is 0. The second-order valence-corrected chi connectivity index (χ2v) is 6.57. The van der Waals surface area contributed by atoms with E-state index in [0.29, 0.717) is 5.92 Å². The first-order valence-electron chi connectivity index (χ1n) is 7.49. The van der Waals surface area contributed by atoms with Gasteiger partial charge in [0, 0.05) is 25.9 Å². The predicted molar refractivity (Wildman–Crippen MR) is 72.4 cm³/mol. The quantitative estimate of drug-likeness (QED) is 0.585. The van der Waals surface area contributed by atoms with Crippen molar-refractivity contribution in [2.45, 2.75) is 63.9 Å². The van der Waals surface area contributed by atoms with Crippen molar-refractivity contribution in [1.82, 2.24) is 5.32 Å². The highest BCUT2D eigenvalue weighted by atomic mass is 17.2. The molecular formula is C15H25NO3. The van der Waals surface area contributed by atoms with Gasteiger partial charge >= 0.3 is 0 Å². The smallest absolute Gasteiger partial charge is 0.204 e. The van der Waals surface area contributed by atoms with Crippen LogP contribution in [0, 0.1) is 5.92 Å². The Balaban J connectivity index is 1.81. The van der Waals surface area contributed by atoms with Crippen molar-refractivity contribution in [3.8, 4) is 0 Å². The van der Waals surface area contributed by atoms with Gasteiger partial charge in [-0.05, 0) is 25.7 Å². The van der Waals surface area contributed by atoms with Gasteiger partial charge in [-0.3, -0.25) is 0 Å². The summed E-state index contributed by atoms with van der Waals surface area (Å²) < 4.78 is 6.34.